The number of benzene rings is 1. The third kappa shape index (κ3) is 6.57. The molecule has 1 unspecified atom stereocenters. The van der Waals surface area contributed by atoms with Gasteiger partial charge < -0.3 is 25.8 Å². The summed E-state index contributed by atoms with van der Waals surface area (Å²) in [5.41, 5.74) is 10.1. The monoisotopic (exact) mass is 415 g/mol. The minimum atomic E-state index is 0.133. The Hall–Kier alpha value is -2.38. The Kier molecular flexibility index (Phi) is 9.33. The molecule has 0 saturated carbocycles. The van der Waals surface area contributed by atoms with Crippen LogP contribution in [0.1, 0.15) is 55.5 Å². The molecular weight excluding hydrogens is 378 g/mol. The second kappa shape index (κ2) is 11.7. The summed E-state index contributed by atoms with van der Waals surface area (Å²) in [5.74, 6) is 1.85. The van der Waals surface area contributed by atoms with E-state index in [0.29, 0.717) is 12.8 Å². The first kappa shape index (κ1) is 23.9. The van der Waals surface area contributed by atoms with Crippen molar-refractivity contribution in [2.45, 2.75) is 59.0 Å². The van der Waals surface area contributed by atoms with Gasteiger partial charge in [-0.25, -0.2) is 4.98 Å². The largest absolute Gasteiger partial charge is 0.496 e. The van der Waals surface area contributed by atoms with Crippen LogP contribution in [0.2, 0.25) is 0 Å². The van der Waals surface area contributed by atoms with Crippen LogP contribution in [0.25, 0.3) is 0 Å². The number of aliphatic hydroxyl groups is 1. The van der Waals surface area contributed by atoms with E-state index in [1.807, 2.05) is 6.92 Å². The standard InChI is InChI=1S/C23H37N5O2/c1-6-8-19(11-12-29)26-22-20(16(3)25-23(24)27-22)14-18-10-9-17(13-21(18)30-5)15-28(4)7-2/h9-10,13,19,29H,6-8,11-12,14-15H2,1-5H3,(H3,24,25,26,27). The fraction of sp³-hybridized carbons (Fsp3) is 0.565. The highest BCUT2D eigenvalue weighted by molar-refractivity contribution is 5.53. The van der Waals surface area contributed by atoms with E-state index < -0.39 is 0 Å². The third-order valence-electron chi connectivity index (χ3n) is 5.40. The summed E-state index contributed by atoms with van der Waals surface area (Å²) in [5, 5.41) is 12.9. The number of aliphatic hydroxyl groups excluding tert-OH is 1. The summed E-state index contributed by atoms with van der Waals surface area (Å²) in [4.78, 5) is 11.1. The van der Waals surface area contributed by atoms with Crippen molar-refractivity contribution in [2.24, 2.45) is 0 Å². The zero-order chi connectivity index (χ0) is 22.1. The van der Waals surface area contributed by atoms with Gasteiger partial charge >= 0.3 is 0 Å². The predicted octanol–water partition coefficient (Wildman–Crippen LogP) is 3.38. The van der Waals surface area contributed by atoms with Gasteiger partial charge in [-0.15, -0.1) is 0 Å². The quantitative estimate of drug-likeness (QED) is 0.489. The first-order valence-electron chi connectivity index (χ1n) is 10.8. The molecule has 0 amide bonds. The van der Waals surface area contributed by atoms with E-state index in [4.69, 9.17) is 10.5 Å². The van der Waals surface area contributed by atoms with Crippen LogP contribution >= 0.6 is 0 Å². The normalized spacial score (nSPS) is 12.2. The lowest BCUT2D eigenvalue weighted by Gasteiger charge is -2.21. The molecule has 30 heavy (non-hydrogen) atoms. The predicted molar refractivity (Wildman–Crippen MR) is 123 cm³/mol. The van der Waals surface area contributed by atoms with Gasteiger partial charge in [0, 0.05) is 36.9 Å². The van der Waals surface area contributed by atoms with Gasteiger partial charge in [0.05, 0.1) is 7.11 Å². The van der Waals surface area contributed by atoms with E-state index in [9.17, 15) is 5.11 Å². The fourth-order valence-electron chi connectivity index (χ4n) is 3.58. The van der Waals surface area contributed by atoms with Crippen molar-refractivity contribution in [3.8, 4) is 5.75 Å². The Morgan fingerprint density at radius 3 is 2.63 bits per heavy atom. The average Bonchev–Trinajstić information content (AvgIpc) is 2.71. The second-order valence-corrected chi connectivity index (χ2v) is 7.79. The minimum absolute atomic E-state index is 0.133. The van der Waals surface area contributed by atoms with E-state index in [1.54, 1.807) is 7.11 Å². The van der Waals surface area contributed by atoms with Gasteiger partial charge in [0.25, 0.3) is 0 Å². The van der Waals surface area contributed by atoms with Crippen LogP contribution in [-0.4, -0.2) is 53.3 Å². The maximum Gasteiger partial charge on any atom is 0.222 e. The number of nitrogen functional groups attached to an aromatic ring is 1. The van der Waals surface area contributed by atoms with Crippen molar-refractivity contribution in [1.29, 1.82) is 0 Å². The van der Waals surface area contributed by atoms with Crippen LogP contribution in [0.3, 0.4) is 0 Å². The lowest BCUT2D eigenvalue weighted by atomic mass is 10.0. The van der Waals surface area contributed by atoms with Crippen molar-refractivity contribution in [2.75, 3.05) is 38.4 Å². The summed E-state index contributed by atoms with van der Waals surface area (Å²) >= 11 is 0. The summed E-state index contributed by atoms with van der Waals surface area (Å²) in [6.45, 7) is 8.24. The Bertz CT molecular complexity index is 806. The molecule has 0 aliphatic carbocycles. The number of aromatic nitrogens is 2. The van der Waals surface area contributed by atoms with E-state index in [0.717, 1.165) is 54.3 Å². The number of methoxy groups -OCH3 is 1. The molecular formula is C23H37N5O2. The summed E-state index contributed by atoms with van der Waals surface area (Å²) in [6.07, 6.45) is 3.28. The van der Waals surface area contributed by atoms with Gasteiger partial charge in [0.1, 0.15) is 11.6 Å². The molecule has 1 aromatic carbocycles. The van der Waals surface area contributed by atoms with Crippen LogP contribution in [-0.2, 0) is 13.0 Å². The topological polar surface area (TPSA) is 96.5 Å². The van der Waals surface area contributed by atoms with Crippen molar-refractivity contribution >= 4 is 11.8 Å². The molecule has 0 aliphatic rings. The van der Waals surface area contributed by atoms with E-state index in [1.165, 1.54) is 5.56 Å². The molecule has 0 spiro atoms. The third-order valence-corrected chi connectivity index (χ3v) is 5.40. The van der Waals surface area contributed by atoms with Gasteiger partial charge in [0.2, 0.25) is 5.95 Å². The van der Waals surface area contributed by atoms with Gasteiger partial charge in [-0.1, -0.05) is 32.4 Å². The van der Waals surface area contributed by atoms with Crippen LogP contribution in [0.4, 0.5) is 11.8 Å². The van der Waals surface area contributed by atoms with E-state index >= 15 is 0 Å². The molecule has 166 valence electrons. The molecule has 1 atom stereocenters. The van der Waals surface area contributed by atoms with Crippen LogP contribution < -0.4 is 15.8 Å². The number of rotatable bonds is 12. The van der Waals surface area contributed by atoms with Crippen LogP contribution in [0, 0.1) is 6.92 Å². The molecule has 0 fully saturated rings. The SMILES string of the molecule is CCCC(CCO)Nc1nc(N)nc(C)c1Cc1ccc(CN(C)CC)cc1OC. The first-order chi connectivity index (χ1) is 14.4. The second-order valence-electron chi connectivity index (χ2n) is 7.79. The van der Waals surface area contributed by atoms with Crippen molar-refractivity contribution in [3.05, 3.63) is 40.6 Å². The molecule has 0 aliphatic heterocycles. The van der Waals surface area contributed by atoms with Crippen molar-refractivity contribution < 1.29 is 9.84 Å². The molecule has 0 bridgehead atoms. The summed E-state index contributed by atoms with van der Waals surface area (Å²) < 4.78 is 5.70. The highest BCUT2D eigenvalue weighted by atomic mass is 16.5. The summed E-state index contributed by atoms with van der Waals surface area (Å²) in [6, 6.07) is 6.51. The molecule has 1 heterocycles. The van der Waals surface area contributed by atoms with E-state index in [2.05, 4.69) is 59.3 Å². The van der Waals surface area contributed by atoms with Gasteiger partial charge in [-0.3, -0.25) is 0 Å². The number of ether oxygens (including phenoxy) is 1. The first-order valence-corrected chi connectivity index (χ1v) is 10.8. The number of hydrogen-bond acceptors (Lipinski definition) is 7. The highest BCUT2D eigenvalue weighted by Gasteiger charge is 2.17. The smallest absolute Gasteiger partial charge is 0.222 e. The molecule has 0 saturated heterocycles. The maximum atomic E-state index is 9.41. The number of nitrogens with zero attached hydrogens (tertiary/aromatic N) is 3. The zero-order valence-electron chi connectivity index (χ0n) is 19.0. The van der Waals surface area contributed by atoms with Gasteiger partial charge in [-0.2, -0.15) is 4.98 Å². The fourth-order valence-corrected chi connectivity index (χ4v) is 3.58. The minimum Gasteiger partial charge on any atom is -0.496 e. The number of nitrogens with two attached hydrogens (primary N) is 1. The van der Waals surface area contributed by atoms with Crippen molar-refractivity contribution in [1.82, 2.24) is 14.9 Å². The molecule has 7 heteroatoms. The number of hydrogen-bond donors (Lipinski definition) is 3. The molecule has 2 aromatic rings. The average molecular weight is 416 g/mol. The molecule has 0 radical (unpaired) electrons. The zero-order valence-corrected chi connectivity index (χ0v) is 19.0. The van der Waals surface area contributed by atoms with Crippen LogP contribution in [0.5, 0.6) is 5.75 Å². The Balaban J connectivity index is 2.35. The van der Waals surface area contributed by atoms with Crippen LogP contribution in [0.15, 0.2) is 18.2 Å². The Morgan fingerprint density at radius 2 is 2.00 bits per heavy atom. The van der Waals surface area contributed by atoms with Gasteiger partial charge in [0.15, 0.2) is 0 Å². The Morgan fingerprint density at radius 1 is 1.23 bits per heavy atom. The molecule has 4 N–H and O–H groups in total. The molecule has 2 rings (SSSR count). The maximum absolute atomic E-state index is 9.41. The number of aryl methyl sites for hydroxylation is 1. The summed E-state index contributed by atoms with van der Waals surface area (Å²) in [7, 11) is 3.81. The van der Waals surface area contributed by atoms with Crippen molar-refractivity contribution in [3.63, 3.8) is 0 Å². The number of anilines is 2. The molecule has 7 nitrogen and oxygen atoms in total. The van der Waals surface area contributed by atoms with Gasteiger partial charge in [-0.05, 0) is 50.6 Å². The lowest BCUT2D eigenvalue weighted by Crippen LogP contribution is -2.23. The molecule has 1 aromatic heterocycles. The van der Waals surface area contributed by atoms with E-state index in [-0.39, 0.29) is 18.6 Å². The number of nitrogens with one attached hydrogen (secondary N) is 1. The lowest BCUT2D eigenvalue weighted by molar-refractivity contribution is 0.276. The Labute approximate surface area is 180 Å². The highest BCUT2D eigenvalue weighted by Crippen LogP contribution is 2.28.